The Hall–Kier alpha value is -1.38. The Morgan fingerprint density at radius 3 is 2.86 bits per heavy atom. The van der Waals surface area contributed by atoms with E-state index in [1.54, 1.807) is 29.3 Å². The molecule has 0 bridgehead atoms. The maximum atomic E-state index is 8.53. The monoisotopic (exact) mass is 219 g/mol. The van der Waals surface area contributed by atoms with Gasteiger partial charge in [0.05, 0.1) is 16.6 Å². The summed E-state index contributed by atoms with van der Waals surface area (Å²) in [6.07, 6.45) is 3.10. The fourth-order valence-electron chi connectivity index (χ4n) is 0.851. The van der Waals surface area contributed by atoms with Crippen LogP contribution in [0.15, 0.2) is 39.1 Å². The highest BCUT2D eigenvalue weighted by molar-refractivity contribution is 8.01. The molecular weight excluding hydrogens is 214 g/mol. The fraction of sp³-hybridized carbons (Fsp3) is 0. The van der Waals surface area contributed by atoms with Crippen molar-refractivity contribution >= 4 is 23.1 Å². The van der Waals surface area contributed by atoms with E-state index in [1.165, 1.54) is 10.4 Å². The van der Waals surface area contributed by atoms with Gasteiger partial charge in [-0.05, 0) is 11.4 Å². The van der Waals surface area contributed by atoms with Crippen LogP contribution in [0.2, 0.25) is 0 Å². The third-order valence-electron chi connectivity index (χ3n) is 1.44. The van der Waals surface area contributed by atoms with Gasteiger partial charge in [0.25, 0.3) is 0 Å². The number of hydrogen-bond acceptors (Lipinski definition) is 5. The molecule has 14 heavy (non-hydrogen) atoms. The summed E-state index contributed by atoms with van der Waals surface area (Å²) in [6.45, 7) is 0. The lowest BCUT2D eigenvalue weighted by atomic mass is 10.5. The molecule has 0 aromatic carbocycles. The summed E-state index contributed by atoms with van der Waals surface area (Å²) in [4.78, 5) is 8.05. The normalized spacial score (nSPS) is 9.64. The Morgan fingerprint density at radius 1 is 1.36 bits per heavy atom. The first-order chi connectivity index (χ1) is 6.88. The average Bonchev–Trinajstić information content (AvgIpc) is 2.72. The lowest BCUT2D eigenvalue weighted by Gasteiger charge is -1.95. The summed E-state index contributed by atoms with van der Waals surface area (Å²) in [5.41, 5.74) is 0.348. The van der Waals surface area contributed by atoms with Gasteiger partial charge >= 0.3 is 0 Å². The van der Waals surface area contributed by atoms with Crippen LogP contribution in [0.3, 0.4) is 0 Å². The molecule has 0 radical (unpaired) electrons. The van der Waals surface area contributed by atoms with Gasteiger partial charge in [0.15, 0.2) is 5.69 Å². The first kappa shape index (κ1) is 9.19. The number of hydrogen-bond donors (Lipinski definition) is 0. The van der Waals surface area contributed by atoms with E-state index >= 15 is 0 Å². The molecule has 2 aromatic heterocycles. The third-order valence-corrected chi connectivity index (χ3v) is 3.40. The van der Waals surface area contributed by atoms with Crippen LogP contribution < -0.4 is 0 Å². The van der Waals surface area contributed by atoms with Crippen LogP contribution in [-0.4, -0.2) is 9.97 Å². The third kappa shape index (κ3) is 2.10. The van der Waals surface area contributed by atoms with Gasteiger partial charge in [-0.25, -0.2) is 9.97 Å². The summed E-state index contributed by atoms with van der Waals surface area (Å²) in [7, 11) is 0. The molecule has 0 saturated carbocycles. The molecule has 68 valence electrons. The van der Waals surface area contributed by atoms with Crippen molar-refractivity contribution in [1.82, 2.24) is 9.97 Å². The lowest BCUT2D eigenvalue weighted by Crippen LogP contribution is -1.85. The Kier molecular flexibility index (Phi) is 2.77. The molecular formula is C9H5N3S2. The molecule has 5 heteroatoms. The van der Waals surface area contributed by atoms with Gasteiger partial charge in [0.1, 0.15) is 11.1 Å². The van der Waals surface area contributed by atoms with Gasteiger partial charge in [0, 0.05) is 0 Å². The van der Waals surface area contributed by atoms with Crippen molar-refractivity contribution < 1.29 is 0 Å². The van der Waals surface area contributed by atoms with Crippen molar-refractivity contribution in [3.05, 3.63) is 35.6 Å². The maximum absolute atomic E-state index is 8.53. The minimum atomic E-state index is 0.348. The zero-order chi connectivity index (χ0) is 9.80. The second-order valence-electron chi connectivity index (χ2n) is 2.39. The largest absolute Gasteiger partial charge is 0.245 e. The smallest absolute Gasteiger partial charge is 0.158 e. The predicted molar refractivity (Wildman–Crippen MR) is 55.2 cm³/mol. The van der Waals surface area contributed by atoms with Crippen LogP contribution in [0.25, 0.3) is 0 Å². The highest BCUT2D eigenvalue weighted by Crippen LogP contribution is 2.28. The number of aromatic nitrogens is 2. The molecule has 0 aliphatic rings. The van der Waals surface area contributed by atoms with Crippen LogP contribution >= 0.6 is 23.1 Å². The summed E-state index contributed by atoms with van der Waals surface area (Å²) in [5, 5.41) is 11.4. The molecule has 0 spiro atoms. The number of nitrogens with zero attached hydrogens (tertiary/aromatic N) is 3. The minimum absolute atomic E-state index is 0.348. The molecule has 0 aliphatic heterocycles. The van der Waals surface area contributed by atoms with Crippen molar-refractivity contribution in [1.29, 1.82) is 5.26 Å². The number of thiophene rings is 1. The van der Waals surface area contributed by atoms with Crippen LogP contribution in [0.1, 0.15) is 5.69 Å². The summed E-state index contributed by atoms with van der Waals surface area (Å²) < 4.78 is 1.17. The number of rotatable bonds is 2. The van der Waals surface area contributed by atoms with E-state index in [0.29, 0.717) is 5.69 Å². The maximum Gasteiger partial charge on any atom is 0.158 e. The summed E-state index contributed by atoms with van der Waals surface area (Å²) in [5.74, 6) is 0. The lowest BCUT2D eigenvalue weighted by molar-refractivity contribution is 1.04. The van der Waals surface area contributed by atoms with Gasteiger partial charge in [0.2, 0.25) is 0 Å². The standard InChI is InChI=1S/C9H5N3S2/c10-4-7-5-12-8(6-11-7)14-9-2-1-3-13-9/h1-3,5-6H. The summed E-state index contributed by atoms with van der Waals surface area (Å²) >= 11 is 3.21. The van der Waals surface area contributed by atoms with Crippen molar-refractivity contribution in [2.75, 3.05) is 0 Å². The van der Waals surface area contributed by atoms with Crippen LogP contribution in [0.4, 0.5) is 0 Å². The SMILES string of the molecule is N#Cc1cnc(Sc2cccs2)cn1. The molecule has 0 unspecified atom stereocenters. The molecule has 0 saturated heterocycles. The molecule has 2 rings (SSSR count). The Balaban J connectivity index is 2.15. The molecule has 0 N–H and O–H groups in total. The highest BCUT2D eigenvalue weighted by atomic mass is 32.2. The second kappa shape index (κ2) is 4.22. The molecule has 0 fully saturated rings. The van der Waals surface area contributed by atoms with Gasteiger partial charge < -0.3 is 0 Å². The van der Waals surface area contributed by atoms with E-state index < -0.39 is 0 Å². The minimum Gasteiger partial charge on any atom is -0.245 e. The average molecular weight is 219 g/mol. The van der Waals surface area contributed by atoms with Gasteiger partial charge in [-0.1, -0.05) is 17.8 Å². The Bertz CT molecular complexity index is 442. The molecule has 2 heterocycles. The topological polar surface area (TPSA) is 49.6 Å². The Morgan fingerprint density at radius 2 is 2.29 bits per heavy atom. The highest BCUT2D eigenvalue weighted by Gasteiger charge is 2.00. The molecule has 3 nitrogen and oxygen atoms in total. The number of nitriles is 1. The fourth-order valence-corrected chi connectivity index (χ4v) is 2.48. The molecule has 0 amide bonds. The second-order valence-corrected chi connectivity index (χ2v) is 4.65. The van der Waals surface area contributed by atoms with E-state index in [4.69, 9.17) is 5.26 Å². The Labute approximate surface area is 89.4 Å². The van der Waals surface area contributed by atoms with E-state index in [0.717, 1.165) is 5.03 Å². The van der Waals surface area contributed by atoms with Gasteiger partial charge in [-0.3, -0.25) is 0 Å². The van der Waals surface area contributed by atoms with Gasteiger partial charge in [-0.15, -0.1) is 11.3 Å². The molecule has 2 aromatic rings. The quantitative estimate of drug-likeness (QED) is 0.778. The van der Waals surface area contributed by atoms with Gasteiger partial charge in [-0.2, -0.15) is 5.26 Å². The first-order valence-corrected chi connectivity index (χ1v) is 5.51. The zero-order valence-corrected chi connectivity index (χ0v) is 8.68. The van der Waals surface area contributed by atoms with Crippen molar-refractivity contribution in [2.24, 2.45) is 0 Å². The first-order valence-electron chi connectivity index (χ1n) is 3.82. The van der Waals surface area contributed by atoms with Crippen molar-refractivity contribution in [2.45, 2.75) is 9.24 Å². The van der Waals surface area contributed by atoms with E-state index in [-0.39, 0.29) is 0 Å². The van der Waals surface area contributed by atoms with Crippen LogP contribution in [0, 0.1) is 11.3 Å². The molecule has 0 aliphatic carbocycles. The van der Waals surface area contributed by atoms with Crippen LogP contribution in [0.5, 0.6) is 0 Å². The van der Waals surface area contributed by atoms with E-state index in [9.17, 15) is 0 Å². The van der Waals surface area contributed by atoms with Crippen molar-refractivity contribution in [3.63, 3.8) is 0 Å². The summed E-state index contributed by atoms with van der Waals surface area (Å²) in [6, 6.07) is 5.95. The molecule has 0 atom stereocenters. The van der Waals surface area contributed by atoms with Crippen molar-refractivity contribution in [3.8, 4) is 6.07 Å². The van der Waals surface area contributed by atoms with Crippen LogP contribution in [-0.2, 0) is 0 Å². The predicted octanol–water partition coefficient (Wildman–Crippen LogP) is 2.56. The zero-order valence-electron chi connectivity index (χ0n) is 7.04. The van der Waals surface area contributed by atoms with E-state index in [1.807, 2.05) is 23.6 Å². The van der Waals surface area contributed by atoms with E-state index in [2.05, 4.69) is 9.97 Å².